The molecular formula is C23H32N3O2+. The first-order valence-electron chi connectivity index (χ1n) is 10.2. The number of hydrogen-bond acceptors (Lipinski definition) is 3. The van der Waals surface area contributed by atoms with Gasteiger partial charge in [-0.05, 0) is 48.7 Å². The fourth-order valence-electron chi connectivity index (χ4n) is 3.70. The number of benzene rings is 2. The highest BCUT2D eigenvalue weighted by Gasteiger charge is 2.23. The number of methoxy groups -OCH3 is 1. The highest BCUT2D eigenvalue weighted by molar-refractivity contribution is 5.77. The molecule has 0 radical (unpaired) electrons. The van der Waals surface area contributed by atoms with Crippen LogP contribution in [0.5, 0.6) is 5.75 Å². The van der Waals surface area contributed by atoms with E-state index in [9.17, 15) is 4.79 Å². The summed E-state index contributed by atoms with van der Waals surface area (Å²) in [5.74, 6) is 1.00. The van der Waals surface area contributed by atoms with Crippen LogP contribution in [-0.4, -0.2) is 45.7 Å². The Kier molecular flexibility index (Phi) is 6.93. The van der Waals surface area contributed by atoms with E-state index in [1.54, 1.807) is 7.11 Å². The lowest BCUT2D eigenvalue weighted by Gasteiger charge is -2.33. The maximum atomic E-state index is 12.5. The van der Waals surface area contributed by atoms with Gasteiger partial charge >= 0.3 is 0 Å². The van der Waals surface area contributed by atoms with Gasteiger partial charge in [-0.3, -0.25) is 4.79 Å². The molecule has 2 aromatic carbocycles. The van der Waals surface area contributed by atoms with E-state index in [0.29, 0.717) is 6.54 Å². The Labute approximate surface area is 168 Å². The molecule has 1 fully saturated rings. The molecule has 5 heteroatoms. The van der Waals surface area contributed by atoms with Crippen LogP contribution in [0.3, 0.4) is 0 Å². The minimum absolute atomic E-state index is 0.0402. The first-order valence-corrected chi connectivity index (χ1v) is 10.2. The second-order valence-electron chi connectivity index (χ2n) is 7.50. The number of amides is 1. The summed E-state index contributed by atoms with van der Waals surface area (Å²) in [6.07, 6.45) is 1.03. The molecule has 1 atom stereocenters. The summed E-state index contributed by atoms with van der Waals surface area (Å²) in [6, 6.07) is 16.7. The Morgan fingerprint density at radius 1 is 1.11 bits per heavy atom. The van der Waals surface area contributed by atoms with E-state index < -0.39 is 0 Å². The Morgan fingerprint density at radius 2 is 1.75 bits per heavy atom. The predicted octanol–water partition coefficient (Wildman–Crippen LogP) is 1.84. The first kappa shape index (κ1) is 20.2. The van der Waals surface area contributed by atoms with Crippen LogP contribution in [0.4, 0.5) is 5.69 Å². The summed E-state index contributed by atoms with van der Waals surface area (Å²) in [6.45, 7) is 8.60. The number of nitrogens with zero attached hydrogens (tertiary/aromatic N) is 1. The Balaban J connectivity index is 1.45. The van der Waals surface area contributed by atoms with Crippen LogP contribution in [0, 0.1) is 0 Å². The molecule has 0 aromatic heterocycles. The Bertz CT molecular complexity index is 750. The van der Waals surface area contributed by atoms with Crippen molar-refractivity contribution in [2.24, 2.45) is 0 Å². The van der Waals surface area contributed by atoms with Crippen molar-refractivity contribution in [1.29, 1.82) is 0 Å². The van der Waals surface area contributed by atoms with E-state index >= 15 is 0 Å². The van der Waals surface area contributed by atoms with Crippen LogP contribution in [0.2, 0.25) is 0 Å². The van der Waals surface area contributed by atoms with E-state index in [-0.39, 0.29) is 11.9 Å². The van der Waals surface area contributed by atoms with Crippen molar-refractivity contribution in [2.45, 2.75) is 26.3 Å². The largest absolute Gasteiger partial charge is 0.497 e. The molecule has 0 aliphatic carbocycles. The van der Waals surface area contributed by atoms with Gasteiger partial charge in [0, 0.05) is 5.69 Å². The minimum Gasteiger partial charge on any atom is -0.497 e. The van der Waals surface area contributed by atoms with Crippen molar-refractivity contribution in [2.75, 3.05) is 44.7 Å². The molecular weight excluding hydrogens is 350 g/mol. The summed E-state index contributed by atoms with van der Waals surface area (Å²) in [7, 11) is 1.68. The van der Waals surface area contributed by atoms with E-state index in [4.69, 9.17) is 4.74 Å². The molecule has 0 spiro atoms. The lowest BCUT2D eigenvalue weighted by molar-refractivity contribution is -0.892. The molecule has 2 aromatic rings. The molecule has 0 unspecified atom stereocenters. The quantitative estimate of drug-likeness (QED) is 0.768. The summed E-state index contributed by atoms with van der Waals surface area (Å²) < 4.78 is 5.23. The van der Waals surface area contributed by atoms with Gasteiger partial charge in [0.05, 0.1) is 39.3 Å². The summed E-state index contributed by atoms with van der Waals surface area (Å²) >= 11 is 0. The van der Waals surface area contributed by atoms with Crippen LogP contribution < -0.4 is 19.9 Å². The van der Waals surface area contributed by atoms with Gasteiger partial charge < -0.3 is 19.9 Å². The van der Waals surface area contributed by atoms with Crippen LogP contribution in [0.25, 0.3) is 0 Å². The normalized spacial score (nSPS) is 15.9. The van der Waals surface area contributed by atoms with E-state index in [1.807, 2.05) is 12.1 Å². The number of piperazine rings is 1. The average Bonchev–Trinajstić information content (AvgIpc) is 2.74. The van der Waals surface area contributed by atoms with Gasteiger partial charge in [0.15, 0.2) is 6.54 Å². The topological polar surface area (TPSA) is 46.0 Å². The van der Waals surface area contributed by atoms with Gasteiger partial charge in [0.2, 0.25) is 0 Å². The van der Waals surface area contributed by atoms with Crippen molar-refractivity contribution < 1.29 is 14.4 Å². The van der Waals surface area contributed by atoms with Gasteiger partial charge in [0.25, 0.3) is 5.91 Å². The van der Waals surface area contributed by atoms with Crippen molar-refractivity contribution in [3.63, 3.8) is 0 Å². The number of anilines is 1. The minimum atomic E-state index is 0.0402. The fraction of sp³-hybridized carbons (Fsp3) is 0.435. The number of carbonyl (C=O) groups is 1. The van der Waals surface area contributed by atoms with Crippen molar-refractivity contribution in [3.8, 4) is 5.75 Å². The number of hydrogen-bond donors (Lipinski definition) is 2. The third-order valence-corrected chi connectivity index (χ3v) is 5.58. The van der Waals surface area contributed by atoms with Gasteiger partial charge in [-0.2, -0.15) is 0 Å². The monoisotopic (exact) mass is 382 g/mol. The van der Waals surface area contributed by atoms with Crippen molar-refractivity contribution >= 4 is 11.6 Å². The van der Waals surface area contributed by atoms with Gasteiger partial charge in [-0.25, -0.2) is 0 Å². The molecule has 1 aliphatic rings. The van der Waals surface area contributed by atoms with Crippen molar-refractivity contribution in [3.05, 3.63) is 59.7 Å². The lowest BCUT2D eigenvalue weighted by Crippen LogP contribution is -3.15. The van der Waals surface area contributed by atoms with Crippen LogP contribution >= 0.6 is 0 Å². The number of aryl methyl sites for hydroxylation is 1. The third kappa shape index (κ3) is 5.26. The molecule has 1 heterocycles. The smallest absolute Gasteiger partial charge is 0.275 e. The van der Waals surface area contributed by atoms with E-state index in [0.717, 1.165) is 43.9 Å². The second kappa shape index (κ2) is 9.60. The molecule has 1 saturated heterocycles. The zero-order valence-electron chi connectivity index (χ0n) is 17.2. The third-order valence-electron chi connectivity index (χ3n) is 5.58. The van der Waals surface area contributed by atoms with Crippen molar-refractivity contribution in [1.82, 2.24) is 5.32 Å². The molecule has 2 N–H and O–H groups in total. The molecule has 0 saturated carbocycles. The van der Waals surface area contributed by atoms with Crippen LogP contribution in [-0.2, 0) is 11.2 Å². The SMILES string of the molecule is CCc1ccc([C@@H](C)NC(=O)C[NH+]2CCN(c3ccc(OC)cc3)CC2)cc1. The van der Waals surface area contributed by atoms with Crippen LogP contribution in [0.15, 0.2) is 48.5 Å². The average molecular weight is 383 g/mol. The van der Waals surface area contributed by atoms with Gasteiger partial charge in [-0.15, -0.1) is 0 Å². The number of quaternary nitrogens is 1. The maximum Gasteiger partial charge on any atom is 0.275 e. The molecule has 0 bridgehead atoms. The molecule has 150 valence electrons. The molecule has 5 nitrogen and oxygen atoms in total. The highest BCUT2D eigenvalue weighted by atomic mass is 16.5. The van der Waals surface area contributed by atoms with Crippen LogP contribution in [0.1, 0.15) is 31.0 Å². The predicted molar refractivity (Wildman–Crippen MR) is 113 cm³/mol. The number of ether oxygens (including phenoxy) is 1. The molecule has 28 heavy (non-hydrogen) atoms. The van der Waals surface area contributed by atoms with Gasteiger partial charge in [-0.1, -0.05) is 31.2 Å². The number of carbonyl (C=O) groups excluding carboxylic acids is 1. The lowest BCUT2D eigenvalue weighted by atomic mass is 10.1. The maximum absolute atomic E-state index is 12.5. The Morgan fingerprint density at radius 3 is 2.32 bits per heavy atom. The fourth-order valence-corrected chi connectivity index (χ4v) is 3.70. The molecule has 1 aliphatic heterocycles. The first-order chi connectivity index (χ1) is 13.6. The standard InChI is InChI=1S/C23H31N3O2/c1-4-19-5-7-20(8-6-19)18(2)24-23(27)17-25-13-15-26(16-14-25)21-9-11-22(28-3)12-10-21/h5-12,18H,4,13-17H2,1-3H3,(H,24,27)/p+1/t18-/m1/s1. The number of nitrogens with one attached hydrogen (secondary N) is 2. The zero-order valence-corrected chi connectivity index (χ0v) is 17.2. The summed E-state index contributed by atoms with van der Waals surface area (Å²) in [5, 5.41) is 3.15. The Hall–Kier alpha value is -2.53. The zero-order chi connectivity index (χ0) is 19.9. The van der Waals surface area contributed by atoms with E-state index in [2.05, 4.69) is 60.5 Å². The summed E-state index contributed by atoms with van der Waals surface area (Å²) in [4.78, 5) is 16.2. The second-order valence-corrected chi connectivity index (χ2v) is 7.50. The van der Waals surface area contributed by atoms with E-state index in [1.165, 1.54) is 16.2 Å². The van der Waals surface area contributed by atoms with Gasteiger partial charge in [0.1, 0.15) is 5.75 Å². The number of rotatable bonds is 7. The summed E-state index contributed by atoms with van der Waals surface area (Å²) in [5.41, 5.74) is 3.69. The highest BCUT2D eigenvalue weighted by Crippen LogP contribution is 2.19. The molecule has 1 amide bonds. The molecule has 3 rings (SSSR count).